The summed E-state index contributed by atoms with van der Waals surface area (Å²) in [6, 6.07) is 12.5. The van der Waals surface area contributed by atoms with Crippen molar-refractivity contribution in [2.75, 3.05) is 29.9 Å². The van der Waals surface area contributed by atoms with Crippen molar-refractivity contribution in [3.63, 3.8) is 0 Å². The molecular weight excluding hydrogens is 410 g/mol. The van der Waals surface area contributed by atoms with Gasteiger partial charge in [0.2, 0.25) is 5.91 Å². The number of nitrogens with one attached hydrogen (secondary N) is 4. The Balaban J connectivity index is 1.38. The third kappa shape index (κ3) is 6.07. The number of carbonyl (C=O) groups is 4. The second kappa shape index (κ2) is 10.4. The first-order chi connectivity index (χ1) is 15.3. The van der Waals surface area contributed by atoms with Gasteiger partial charge in [-0.05, 0) is 56.2 Å². The molecule has 4 amide bonds. The first-order valence-corrected chi connectivity index (χ1v) is 10.4. The van der Waals surface area contributed by atoms with Crippen molar-refractivity contribution in [2.24, 2.45) is 0 Å². The van der Waals surface area contributed by atoms with Crippen LogP contribution < -0.4 is 26.4 Å². The fraction of sp³-hybridized carbons (Fsp3) is 0.304. The lowest BCUT2D eigenvalue weighted by Gasteiger charge is -2.15. The molecular formula is C23H27N5O4. The molecule has 2 aromatic rings. The van der Waals surface area contributed by atoms with Crippen LogP contribution in [0.1, 0.15) is 34.3 Å². The molecule has 0 spiro atoms. The van der Waals surface area contributed by atoms with Gasteiger partial charge in [0.1, 0.15) is 0 Å². The fourth-order valence-corrected chi connectivity index (χ4v) is 3.39. The van der Waals surface area contributed by atoms with Crippen LogP contribution in [0.2, 0.25) is 0 Å². The minimum absolute atomic E-state index is 0.0115. The molecule has 0 atom stereocenters. The molecule has 0 bridgehead atoms. The summed E-state index contributed by atoms with van der Waals surface area (Å²) in [6.45, 7) is 4.30. The van der Waals surface area contributed by atoms with Gasteiger partial charge < -0.3 is 15.5 Å². The minimum Gasteiger partial charge on any atom is -0.376 e. The summed E-state index contributed by atoms with van der Waals surface area (Å²) >= 11 is 0. The van der Waals surface area contributed by atoms with Crippen LogP contribution in [0.5, 0.6) is 0 Å². The number of aryl methyl sites for hydroxylation is 2. The van der Waals surface area contributed by atoms with E-state index in [1.165, 1.54) is 0 Å². The van der Waals surface area contributed by atoms with E-state index >= 15 is 0 Å². The topological polar surface area (TPSA) is 120 Å². The van der Waals surface area contributed by atoms with E-state index in [4.69, 9.17) is 0 Å². The molecule has 0 radical (unpaired) electrons. The van der Waals surface area contributed by atoms with E-state index < -0.39 is 17.7 Å². The normalized spacial score (nSPS) is 12.9. The number of hydrazine groups is 1. The van der Waals surface area contributed by atoms with Gasteiger partial charge in [0.05, 0.1) is 13.1 Å². The molecule has 1 fully saturated rings. The van der Waals surface area contributed by atoms with Crippen molar-refractivity contribution in [3.05, 3.63) is 59.2 Å². The van der Waals surface area contributed by atoms with Gasteiger partial charge >= 0.3 is 0 Å². The molecule has 168 valence electrons. The Morgan fingerprint density at radius 1 is 0.938 bits per heavy atom. The Labute approximate surface area is 186 Å². The summed E-state index contributed by atoms with van der Waals surface area (Å²) in [5.41, 5.74) is 8.67. The van der Waals surface area contributed by atoms with Crippen LogP contribution in [0.15, 0.2) is 42.5 Å². The Bertz CT molecular complexity index is 1020. The molecule has 1 saturated heterocycles. The van der Waals surface area contributed by atoms with Crippen LogP contribution in [0.25, 0.3) is 0 Å². The zero-order chi connectivity index (χ0) is 23.1. The third-order valence-corrected chi connectivity index (χ3v) is 5.09. The molecule has 32 heavy (non-hydrogen) atoms. The van der Waals surface area contributed by atoms with E-state index in [9.17, 15) is 19.2 Å². The third-order valence-electron chi connectivity index (χ3n) is 5.09. The lowest BCUT2D eigenvalue weighted by molar-refractivity contribution is -0.127. The Kier molecular flexibility index (Phi) is 7.43. The molecule has 9 nitrogen and oxygen atoms in total. The maximum absolute atomic E-state index is 12.2. The van der Waals surface area contributed by atoms with Crippen LogP contribution in [0.3, 0.4) is 0 Å². The summed E-state index contributed by atoms with van der Waals surface area (Å²) in [5, 5.41) is 5.50. The van der Waals surface area contributed by atoms with Crippen LogP contribution in [-0.4, -0.2) is 43.3 Å². The van der Waals surface area contributed by atoms with Gasteiger partial charge in [-0.3, -0.25) is 30.0 Å². The van der Waals surface area contributed by atoms with Crippen molar-refractivity contribution >= 4 is 35.0 Å². The molecule has 4 N–H and O–H groups in total. The number of rotatable bonds is 7. The van der Waals surface area contributed by atoms with Crippen LogP contribution >= 0.6 is 0 Å². The molecule has 0 unspecified atom stereocenters. The van der Waals surface area contributed by atoms with Gasteiger partial charge in [0.25, 0.3) is 17.7 Å². The van der Waals surface area contributed by atoms with E-state index in [2.05, 4.69) is 21.5 Å². The summed E-state index contributed by atoms with van der Waals surface area (Å²) in [6.07, 6.45) is 1.37. The molecule has 0 aliphatic carbocycles. The number of anilines is 2. The summed E-state index contributed by atoms with van der Waals surface area (Å²) in [4.78, 5) is 49.5. The maximum Gasteiger partial charge on any atom is 0.257 e. The van der Waals surface area contributed by atoms with Crippen molar-refractivity contribution in [1.82, 2.24) is 16.2 Å². The standard InChI is InChI=1S/C23H27N5O4/c1-15-5-10-19(16(2)12-15)24-13-20(29)26-27-21(30)14-25-23(32)17-6-8-18(9-7-17)28-11-3-4-22(28)31/h5-10,12,24H,3-4,11,13-14H2,1-2H3,(H,25,32)(H,26,29)(H,27,30). The molecule has 0 saturated carbocycles. The number of nitrogens with zero attached hydrogens (tertiary/aromatic N) is 1. The quantitative estimate of drug-likeness (QED) is 0.489. The Morgan fingerprint density at radius 3 is 2.25 bits per heavy atom. The lowest BCUT2D eigenvalue weighted by Crippen LogP contribution is -2.48. The minimum atomic E-state index is -0.558. The fourth-order valence-electron chi connectivity index (χ4n) is 3.39. The SMILES string of the molecule is Cc1ccc(NCC(=O)NNC(=O)CNC(=O)c2ccc(N3CCCC3=O)cc2)c(C)c1. The van der Waals surface area contributed by atoms with Gasteiger partial charge in [-0.15, -0.1) is 0 Å². The van der Waals surface area contributed by atoms with Crippen molar-refractivity contribution in [2.45, 2.75) is 26.7 Å². The predicted molar refractivity (Wildman–Crippen MR) is 121 cm³/mol. The Morgan fingerprint density at radius 2 is 1.62 bits per heavy atom. The molecule has 3 rings (SSSR count). The second-order valence-corrected chi connectivity index (χ2v) is 7.65. The zero-order valence-corrected chi connectivity index (χ0v) is 18.2. The van der Waals surface area contributed by atoms with Crippen molar-refractivity contribution in [3.8, 4) is 0 Å². The van der Waals surface area contributed by atoms with E-state index in [-0.39, 0.29) is 19.0 Å². The van der Waals surface area contributed by atoms with Crippen LogP contribution in [0.4, 0.5) is 11.4 Å². The van der Waals surface area contributed by atoms with E-state index in [1.807, 2.05) is 32.0 Å². The molecule has 1 aliphatic rings. The first kappa shape index (κ1) is 22.8. The van der Waals surface area contributed by atoms with Crippen molar-refractivity contribution < 1.29 is 19.2 Å². The highest BCUT2D eigenvalue weighted by Crippen LogP contribution is 2.21. The molecule has 9 heteroatoms. The first-order valence-electron chi connectivity index (χ1n) is 10.4. The number of amides is 4. The van der Waals surface area contributed by atoms with Crippen LogP contribution in [-0.2, 0) is 14.4 Å². The van der Waals surface area contributed by atoms with Gasteiger partial charge in [0.15, 0.2) is 0 Å². The van der Waals surface area contributed by atoms with E-state index in [1.54, 1.807) is 29.2 Å². The highest BCUT2D eigenvalue weighted by Gasteiger charge is 2.21. The highest BCUT2D eigenvalue weighted by molar-refractivity contribution is 5.98. The number of benzene rings is 2. The predicted octanol–water partition coefficient (Wildman–Crippen LogP) is 1.42. The van der Waals surface area contributed by atoms with Gasteiger partial charge in [-0.2, -0.15) is 0 Å². The number of carbonyl (C=O) groups excluding carboxylic acids is 4. The Hall–Kier alpha value is -3.88. The summed E-state index contributed by atoms with van der Waals surface area (Å²) < 4.78 is 0. The van der Waals surface area contributed by atoms with E-state index in [0.29, 0.717) is 18.5 Å². The maximum atomic E-state index is 12.2. The zero-order valence-electron chi connectivity index (χ0n) is 18.2. The largest absolute Gasteiger partial charge is 0.376 e. The average Bonchev–Trinajstić information content (AvgIpc) is 3.21. The summed E-state index contributed by atoms with van der Waals surface area (Å²) in [7, 11) is 0. The van der Waals surface area contributed by atoms with Gasteiger partial charge in [-0.25, -0.2) is 0 Å². The number of hydrogen-bond acceptors (Lipinski definition) is 5. The highest BCUT2D eigenvalue weighted by atomic mass is 16.2. The van der Waals surface area contributed by atoms with Crippen LogP contribution in [0, 0.1) is 13.8 Å². The molecule has 1 heterocycles. The lowest BCUT2D eigenvalue weighted by atomic mass is 10.1. The van der Waals surface area contributed by atoms with E-state index in [0.717, 1.165) is 28.9 Å². The van der Waals surface area contributed by atoms with Crippen molar-refractivity contribution in [1.29, 1.82) is 0 Å². The number of hydrogen-bond donors (Lipinski definition) is 4. The average molecular weight is 438 g/mol. The second-order valence-electron chi connectivity index (χ2n) is 7.65. The molecule has 2 aromatic carbocycles. The van der Waals surface area contributed by atoms with Gasteiger partial charge in [-0.1, -0.05) is 17.7 Å². The monoisotopic (exact) mass is 437 g/mol. The summed E-state index contributed by atoms with van der Waals surface area (Å²) in [5.74, 6) is -1.33. The van der Waals surface area contributed by atoms with Gasteiger partial charge in [0, 0.05) is 29.9 Å². The molecule has 0 aromatic heterocycles. The molecule has 1 aliphatic heterocycles. The smallest absolute Gasteiger partial charge is 0.257 e.